The molecule has 0 amide bonds. The van der Waals surface area contributed by atoms with Gasteiger partial charge in [0.2, 0.25) is 0 Å². The van der Waals surface area contributed by atoms with E-state index in [1.165, 1.54) is 4.68 Å². The van der Waals surface area contributed by atoms with E-state index in [0.29, 0.717) is 28.0 Å². The van der Waals surface area contributed by atoms with Crippen molar-refractivity contribution in [2.75, 3.05) is 5.32 Å². The third-order valence-corrected chi connectivity index (χ3v) is 5.36. The van der Waals surface area contributed by atoms with E-state index in [1.54, 1.807) is 33.2 Å². The maximum atomic E-state index is 10.5. The maximum Gasteiger partial charge on any atom is 0.150 e. The molecule has 0 radical (unpaired) electrons. The lowest BCUT2D eigenvalue weighted by atomic mass is 9.88. The van der Waals surface area contributed by atoms with Gasteiger partial charge in [-0.15, -0.1) is 5.10 Å². The van der Waals surface area contributed by atoms with Crippen LogP contribution >= 0.6 is 11.6 Å². The summed E-state index contributed by atoms with van der Waals surface area (Å²) in [6.45, 7) is 8.60. The Bertz CT molecular complexity index is 1030. The molecule has 0 saturated carbocycles. The Hall–Kier alpha value is -2.55. The molecule has 154 valence electrons. The molecule has 3 aromatic rings. The van der Waals surface area contributed by atoms with Crippen LogP contribution in [0.3, 0.4) is 0 Å². The lowest BCUT2D eigenvalue weighted by molar-refractivity contribution is -0.129. The largest absolute Gasteiger partial charge is 0.387 e. The summed E-state index contributed by atoms with van der Waals surface area (Å²) < 4.78 is 1.49. The highest BCUT2D eigenvalue weighted by Gasteiger charge is 2.38. The molecule has 8 nitrogen and oxygen atoms in total. The molecule has 0 bridgehead atoms. The van der Waals surface area contributed by atoms with Crippen LogP contribution in [0.1, 0.15) is 31.9 Å². The van der Waals surface area contributed by atoms with Crippen molar-refractivity contribution in [3.8, 4) is 11.4 Å². The van der Waals surface area contributed by atoms with Crippen LogP contribution in [0.2, 0.25) is 5.02 Å². The number of aryl methyl sites for hydroxylation is 2. The van der Waals surface area contributed by atoms with Gasteiger partial charge in [0.05, 0.1) is 29.1 Å². The fourth-order valence-electron chi connectivity index (χ4n) is 2.61. The van der Waals surface area contributed by atoms with E-state index in [1.807, 2.05) is 32.0 Å². The van der Waals surface area contributed by atoms with Gasteiger partial charge in [-0.05, 0) is 63.9 Å². The van der Waals surface area contributed by atoms with Gasteiger partial charge >= 0.3 is 0 Å². The van der Waals surface area contributed by atoms with Crippen molar-refractivity contribution in [3.63, 3.8) is 0 Å². The third kappa shape index (κ3) is 4.72. The van der Waals surface area contributed by atoms with E-state index in [0.717, 1.165) is 11.1 Å². The number of halogens is 1. The second-order valence-corrected chi connectivity index (χ2v) is 8.34. The van der Waals surface area contributed by atoms with E-state index < -0.39 is 11.2 Å². The Balaban J connectivity index is 1.87. The number of anilines is 2. The van der Waals surface area contributed by atoms with E-state index in [4.69, 9.17) is 11.6 Å². The highest BCUT2D eigenvalue weighted by atomic mass is 35.5. The first-order chi connectivity index (χ1) is 13.5. The molecule has 0 aliphatic heterocycles. The highest BCUT2D eigenvalue weighted by Crippen LogP contribution is 2.27. The summed E-state index contributed by atoms with van der Waals surface area (Å²) in [5, 5.41) is 32.5. The fraction of sp³-hybridized carbons (Fsp3) is 0.400. The molecule has 0 aliphatic carbocycles. The first kappa shape index (κ1) is 21.2. The monoisotopic (exact) mass is 416 g/mol. The molecule has 1 atom stereocenters. The summed E-state index contributed by atoms with van der Waals surface area (Å²) in [5.74, 6) is 1.11. The quantitative estimate of drug-likeness (QED) is 0.565. The number of aromatic nitrogens is 5. The van der Waals surface area contributed by atoms with Crippen LogP contribution in [0.5, 0.6) is 0 Å². The van der Waals surface area contributed by atoms with Gasteiger partial charge in [0, 0.05) is 6.20 Å². The van der Waals surface area contributed by atoms with E-state index in [2.05, 4.69) is 25.6 Å². The average molecular weight is 417 g/mol. The molecule has 0 saturated heterocycles. The van der Waals surface area contributed by atoms with Crippen molar-refractivity contribution in [1.82, 2.24) is 25.0 Å². The first-order valence-corrected chi connectivity index (χ1v) is 9.56. The normalized spacial score (nSPS) is 13.9. The van der Waals surface area contributed by atoms with Crippen LogP contribution in [-0.2, 0) is 6.54 Å². The highest BCUT2D eigenvalue weighted by molar-refractivity contribution is 6.33. The Kier molecular flexibility index (Phi) is 5.62. The van der Waals surface area contributed by atoms with Gasteiger partial charge in [-0.2, -0.15) is 0 Å². The Morgan fingerprint density at radius 2 is 1.86 bits per heavy atom. The number of nitrogens with zero attached hydrogens (tertiary/aromatic N) is 5. The van der Waals surface area contributed by atoms with Crippen LogP contribution in [0, 0.1) is 13.8 Å². The molecule has 3 N–H and O–H groups in total. The number of hydrogen-bond acceptors (Lipinski definition) is 7. The van der Waals surface area contributed by atoms with Gasteiger partial charge in [-0.1, -0.05) is 16.8 Å². The number of pyridine rings is 2. The zero-order chi connectivity index (χ0) is 21.4. The van der Waals surface area contributed by atoms with Gasteiger partial charge in [0.25, 0.3) is 0 Å². The molecule has 0 aromatic carbocycles. The molecule has 0 aliphatic rings. The van der Waals surface area contributed by atoms with Crippen LogP contribution in [0.15, 0.2) is 30.6 Å². The minimum absolute atomic E-state index is 0.0866. The predicted octanol–water partition coefficient (Wildman–Crippen LogP) is 3.27. The second kappa shape index (κ2) is 7.70. The molecule has 29 heavy (non-hydrogen) atoms. The third-order valence-electron chi connectivity index (χ3n) is 4.89. The summed E-state index contributed by atoms with van der Waals surface area (Å²) >= 11 is 6.32. The van der Waals surface area contributed by atoms with Crippen LogP contribution < -0.4 is 5.32 Å². The smallest absolute Gasteiger partial charge is 0.150 e. The summed E-state index contributed by atoms with van der Waals surface area (Å²) in [6, 6.07) is 5.61. The summed E-state index contributed by atoms with van der Waals surface area (Å²) in [6.07, 6.45) is 3.37. The van der Waals surface area contributed by atoms with Gasteiger partial charge < -0.3 is 15.5 Å². The Morgan fingerprint density at radius 3 is 2.55 bits per heavy atom. The summed E-state index contributed by atoms with van der Waals surface area (Å²) in [4.78, 5) is 8.86. The molecule has 9 heteroatoms. The van der Waals surface area contributed by atoms with Crippen molar-refractivity contribution in [2.45, 2.75) is 52.4 Å². The number of hydrogen-bond donors (Lipinski definition) is 3. The number of nitrogens with one attached hydrogen (secondary N) is 1. The van der Waals surface area contributed by atoms with Crippen molar-refractivity contribution in [3.05, 3.63) is 46.7 Å². The standard InChI is InChI=1S/C20H25ClN6O2/c1-12-8-14(15-10-27(26-25-15)11-20(5,29)19(3,4)28)23-16(9-12)24-18-17(21)13(2)6-7-22-18/h6-10,28-29H,11H2,1-5H3,(H,22,23,24)/t20-/m1/s1. The van der Waals surface area contributed by atoms with Crippen molar-refractivity contribution >= 4 is 23.2 Å². The molecule has 0 unspecified atom stereocenters. The Morgan fingerprint density at radius 1 is 1.14 bits per heavy atom. The van der Waals surface area contributed by atoms with Gasteiger partial charge in [-0.3, -0.25) is 0 Å². The lowest BCUT2D eigenvalue weighted by Crippen LogP contribution is -2.50. The van der Waals surface area contributed by atoms with E-state index in [-0.39, 0.29) is 6.54 Å². The summed E-state index contributed by atoms with van der Waals surface area (Å²) in [7, 11) is 0. The minimum atomic E-state index is -1.38. The predicted molar refractivity (Wildman–Crippen MR) is 112 cm³/mol. The molecule has 3 heterocycles. The van der Waals surface area contributed by atoms with Crippen molar-refractivity contribution in [2.24, 2.45) is 0 Å². The van der Waals surface area contributed by atoms with Gasteiger partial charge in [0.15, 0.2) is 5.82 Å². The fourth-order valence-corrected chi connectivity index (χ4v) is 2.77. The van der Waals surface area contributed by atoms with E-state index in [9.17, 15) is 10.2 Å². The first-order valence-electron chi connectivity index (χ1n) is 9.18. The maximum absolute atomic E-state index is 10.5. The lowest BCUT2D eigenvalue weighted by Gasteiger charge is -2.35. The van der Waals surface area contributed by atoms with Crippen LogP contribution in [-0.4, -0.2) is 46.4 Å². The van der Waals surface area contributed by atoms with Crippen LogP contribution in [0.25, 0.3) is 11.4 Å². The molecule has 0 spiro atoms. The number of rotatable bonds is 6. The topological polar surface area (TPSA) is 109 Å². The van der Waals surface area contributed by atoms with E-state index >= 15 is 0 Å². The zero-order valence-corrected chi connectivity index (χ0v) is 17.9. The minimum Gasteiger partial charge on any atom is -0.387 e. The molecular weight excluding hydrogens is 392 g/mol. The van der Waals surface area contributed by atoms with Gasteiger partial charge in [0.1, 0.15) is 17.1 Å². The van der Waals surface area contributed by atoms with Crippen molar-refractivity contribution in [1.29, 1.82) is 0 Å². The number of aliphatic hydroxyl groups is 2. The van der Waals surface area contributed by atoms with Crippen LogP contribution in [0.4, 0.5) is 11.6 Å². The summed E-state index contributed by atoms with van der Waals surface area (Å²) in [5.41, 5.74) is 0.381. The molecule has 3 rings (SSSR count). The SMILES string of the molecule is Cc1cc(Nc2nccc(C)c2Cl)nc(-c2cn(C[C@@](C)(O)C(C)(C)O)nn2)c1. The average Bonchev–Trinajstić information content (AvgIpc) is 3.05. The van der Waals surface area contributed by atoms with Gasteiger partial charge in [-0.25, -0.2) is 14.6 Å². The van der Waals surface area contributed by atoms with Crippen molar-refractivity contribution < 1.29 is 10.2 Å². The zero-order valence-electron chi connectivity index (χ0n) is 17.1. The second-order valence-electron chi connectivity index (χ2n) is 7.96. The molecule has 3 aromatic heterocycles. The molecular formula is C20H25ClN6O2. The Labute approximate surface area is 174 Å². The molecule has 0 fully saturated rings.